The van der Waals surface area contributed by atoms with Crippen molar-refractivity contribution in [3.63, 3.8) is 0 Å². The van der Waals surface area contributed by atoms with Crippen molar-refractivity contribution in [2.75, 3.05) is 56.0 Å². The zero-order valence-electron chi connectivity index (χ0n) is 23.1. The summed E-state index contributed by atoms with van der Waals surface area (Å²) in [5.74, 6) is 1.80. The summed E-state index contributed by atoms with van der Waals surface area (Å²) in [7, 11) is 0. The average molecular weight is 540 g/mol. The number of likely N-dealkylation sites (tertiary alicyclic amines) is 2. The first-order chi connectivity index (χ1) is 18.3. The van der Waals surface area contributed by atoms with Gasteiger partial charge in [-0.05, 0) is 107 Å². The van der Waals surface area contributed by atoms with Gasteiger partial charge in [-0.3, -0.25) is 9.59 Å². The number of pyridine rings is 1. The number of carbonyl (C=O) groups is 2. The zero-order chi connectivity index (χ0) is 27.1. The number of nitrogens with one attached hydrogen (secondary N) is 1. The number of amides is 2. The molecule has 1 aromatic heterocycles. The van der Waals surface area contributed by atoms with Gasteiger partial charge >= 0.3 is 0 Å². The van der Waals surface area contributed by atoms with Crippen molar-refractivity contribution < 1.29 is 9.59 Å². The van der Waals surface area contributed by atoms with Gasteiger partial charge in [0, 0.05) is 55.9 Å². The fourth-order valence-electron chi connectivity index (χ4n) is 5.53. The van der Waals surface area contributed by atoms with Crippen LogP contribution in [0.2, 0.25) is 5.02 Å². The van der Waals surface area contributed by atoms with Gasteiger partial charge in [0.1, 0.15) is 5.82 Å². The van der Waals surface area contributed by atoms with Crippen molar-refractivity contribution in [1.82, 2.24) is 14.8 Å². The summed E-state index contributed by atoms with van der Waals surface area (Å²) in [4.78, 5) is 36.1. The summed E-state index contributed by atoms with van der Waals surface area (Å²) in [6.07, 6.45) is 6.54. The molecule has 4 rings (SSSR count). The molecule has 2 saturated heterocycles. The minimum absolute atomic E-state index is 0.0585. The van der Waals surface area contributed by atoms with Crippen LogP contribution in [0.15, 0.2) is 36.5 Å². The molecule has 0 saturated carbocycles. The number of carbonyl (C=O) groups excluding carboxylic acids is 2. The van der Waals surface area contributed by atoms with Crippen LogP contribution < -0.4 is 10.2 Å². The summed E-state index contributed by atoms with van der Waals surface area (Å²) in [6, 6.07) is 10.0. The molecule has 0 radical (unpaired) electrons. The third-order valence-corrected chi connectivity index (χ3v) is 8.48. The minimum atomic E-state index is -0.0585. The lowest BCUT2D eigenvalue weighted by Gasteiger charge is -2.35. The number of nitrogens with zero attached hydrogens (tertiary/aromatic N) is 4. The summed E-state index contributed by atoms with van der Waals surface area (Å²) in [6.45, 7) is 11.7. The summed E-state index contributed by atoms with van der Waals surface area (Å²) in [5, 5.41) is 4.18. The van der Waals surface area contributed by atoms with E-state index in [1.165, 1.54) is 18.4 Å². The predicted molar refractivity (Wildman–Crippen MR) is 155 cm³/mol. The molecule has 2 amide bonds. The number of hydrogen-bond donors (Lipinski definition) is 1. The van der Waals surface area contributed by atoms with Crippen molar-refractivity contribution in [1.29, 1.82) is 0 Å². The molecule has 8 heteroatoms. The molecule has 0 aliphatic carbocycles. The maximum atomic E-state index is 13.7. The molecule has 0 unspecified atom stereocenters. The number of anilines is 2. The lowest BCUT2D eigenvalue weighted by molar-refractivity contribution is -0.133. The first kappa shape index (κ1) is 28.4. The van der Waals surface area contributed by atoms with E-state index in [0.717, 1.165) is 49.7 Å². The lowest BCUT2D eigenvalue weighted by Crippen LogP contribution is -2.45. The Morgan fingerprint density at radius 3 is 2.45 bits per heavy atom. The van der Waals surface area contributed by atoms with Crippen LogP contribution >= 0.6 is 11.6 Å². The molecule has 3 heterocycles. The highest BCUT2D eigenvalue weighted by Gasteiger charge is 2.30. The van der Waals surface area contributed by atoms with Gasteiger partial charge < -0.3 is 20.0 Å². The normalized spacial score (nSPS) is 17.4. The highest BCUT2D eigenvalue weighted by molar-refractivity contribution is 6.31. The van der Waals surface area contributed by atoms with Crippen LogP contribution in [0.5, 0.6) is 0 Å². The Kier molecular flexibility index (Phi) is 10.0. The number of rotatable bonds is 9. The van der Waals surface area contributed by atoms with Crippen molar-refractivity contribution in [2.24, 2.45) is 11.8 Å². The molecule has 0 atom stereocenters. The molecule has 1 N–H and O–H groups in total. The third kappa shape index (κ3) is 7.70. The van der Waals surface area contributed by atoms with E-state index in [9.17, 15) is 9.59 Å². The van der Waals surface area contributed by atoms with E-state index < -0.39 is 0 Å². The molecule has 2 aliphatic heterocycles. The molecule has 206 valence electrons. The number of piperidine rings is 2. The first-order valence-corrected chi connectivity index (χ1v) is 14.4. The number of halogens is 1. The monoisotopic (exact) mass is 539 g/mol. The smallest absolute Gasteiger partial charge is 0.230 e. The van der Waals surface area contributed by atoms with E-state index in [-0.39, 0.29) is 17.7 Å². The molecule has 0 bridgehead atoms. The standard InChI is InChI=1S/C30H42ClN5O2/c1-22-7-12-32-29(19-22)33-21-25-8-15-34(16-9-25)13-4-14-36(27-6-5-23(2)28(31)20-27)30(38)26-10-17-35(18-11-26)24(3)37/h5-7,12,19-20,25-26H,4,8-11,13-18,21H2,1-3H3,(H,32,33). The van der Waals surface area contributed by atoms with Gasteiger partial charge in [-0.25, -0.2) is 4.98 Å². The number of hydrogen-bond acceptors (Lipinski definition) is 5. The van der Waals surface area contributed by atoms with E-state index in [1.807, 2.05) is 47.2 Å². The van der Waals surface area contributed by atoms with Crippen molar-refractivity contribution >= 4 is 34.9 Å². The van der Waals surface area contributed by atoms with Gasteiger partial charge in [-0.1, -0.05) is 17.7 Å². The van der Waals surface area contributed by atoms with Crippen LogP contribution in [0, 0.1) is 25.7 Å². The Hall–Kier alpha value is -2.64. The molecule has 2 fully saturated rings. The maximum Gasteiger partial charge on any atom is 0.230 e. The summed E-state index contributed by atoms with van der Waals surface area (Å²) >= 11 is 6.44. The molecule has 1 aromatic carbocycles. The van der Waals surface area contributed by atoms with Gasteiger partial charge in [0.2, 0.25) is 11.8 Å². The van der Waals surface area contributed by atoms with Gasteiger partial charge in [-0.15, -0.1) is 0 Å². The summed E-state index contributed by atoms with van der Waals surface area (Å²) in [5.41, 5.74) is 3.10. The zero-order valence-corrected chi connectivity index (χ0v) is 23.8. The minimum Gasteiger partial charge on any atom is -0.370 e. The quantitative estimate of drug-likeness (QED) is 0.477. The number of aromatic nitrogens is 1. The van der Waals surface area contributed by atoms with Gasteiger partial charge in [0.25, 0.3) is 0 Å². The van der Waals surface area contributed by atoms with Crippen LogP contribution in [-0.2, 0) is 9.59 Å². The van der Waals surface area contributed by atoms with Gasteiger partial charge in [-0.2, -0.15) is 0 Å². The van der Waals surface area contributed by atoms with Crippen LogP contribution in [0.25, 0.3) is 0 Å². The summed E-state index contributed by atoms with van der Waals surface area (Å²) < 4.78 is 0. The topological polar surface area (TPSA) is 68.8 Å². The second kappa shape index (κ2) is 13.4. The Morgan fingerprint density at radius 1 is 1.05 bits per heavy atom. The van der Waals surface area contributed by atoms with Crippen molar-refractivity contribution in [3.05, 3.63) is 52.7 Å². The second-order valence-corrected chi connectivity index (χ2v) is 11.3. The average Bonchev–Trinajstić information content (AvgIpc) is 2.92. The Bertz CT molecular complexity index is 1090. The second-order valence-electron chi connectivity index (χ2n) is 10.9. The number of aryl methyl sites for hydroxylation is 2. The fraction of sp³-hybridized carbons (Fsp3) is 0.567. The Balaban J connectivity index is 1.28. The largest absolute Gasteiger partial charge is 0.370 e. The van der Waals surface area contributed by atoms with Gasteiger partial charge in [0.05, 0.1) is 0 Å². The molecule has 7 nitrogen and oxygen atoms in total. The number of benzene rings is 1. The van der Waals surface area contributed by atoms with Gasteiger partial charge in [0.15, 0.2) is 0 Å². The highest BCUT2D eigenvalue weighted by atomic mass is 35.5. The molecule has 38 heavy (non-hydrogen) atoms. The van der Waals surface area contributed by atoms with E-state index in [2.05, 4.69) is 28.2 Å². The SMILES string of the molecule is CC(=O)N1CCC(C(=O)N(CCCN2CCC(CNc3cc(C)ccn3)CC2)c2ccc(C)c(Cl)c2)CC1. The molecular weight excluding hydrogens is 498 g/mol. The Labute approximate surface area is 232 Å². The van der Waals surface area contributed by atoms with Crippen LogP contribution in [0.3, 0.4) is 0 Å². The van der Waals surface area contributed by atoms with Crippen molar-refractivity contribution in [3.8, 4) is 0 Å². The van der Waals surface area contributed by atoms with Crippen LogP contribution in [0.1, 0.15) is 50.2 Å². The van der Waals surface area contributed by atoms with E-state index in [4.69, 9.17) is 11.6 Å². The molecule has 2 aliphatic rings. The molecule has 0 spiro atoms. The third-order valence-electron chi connectivity index (χ3n) is 8.07. The maximum absolute atomic E-state index is 13.7. The Morgan fingerprint density at radius 2 is 1.79 bits per heavy atom. The van der Waals surface area contributed by atoms with E-state index >= 15 is 0 Å². The lowest BCUT2D eigenvalue weighted by atomic mass is 9.94. The molecular formula is C30H42ClN5O2. The van der Waals surface area contributed by atoms with Crippen LogP contribution in [-0.4, -0.2) is 72.4 Å². The fourth-order valence-corrected chi connectivity index (χ4v) is 5.70. The molecule has 2 aromatic rings. The van der Waals surface area contributed by atoms with E-state index in [1.54, 1.807) is 6.92 Å². The van der Waals surface area contributed by atoms with Crippen LogP contribution in [0.4, 0.5) is 11.5 Å². The first-order valence-electron chi connectivity index (χ1n) is 14.0. The van der Waals surface area contributed by atoms with E-state index in [0.29, 0.717) is 43.4 Å². The highest BCUT2D eigenvalue weighted by Crippen LogP contribution is 2.28. The van der Waals surface area contributed by atoms with Crippen molar-refractivity contribution in [2.45, 2.75) is 52.9 Å². The predicted octanol–water partition coefficient (Wildman–Crippen LogP) is 5.16.